The zero-order valence-electron chi connectivity index (χ0n) is 68.2. The topological polar surface area (TPSA) is 90.2 Å². The molecule has 0 saturated carbocycles. The van der Waals surface area contributed by atoms with E-state index in [0.717, 1.165) is 74.1 Å². The molecule has 0 spiro atoms. The first-order chi connectivity index (χ1) is 53.4. The van der Waals surface area contributed by atoms with Crippen LogP contribution in [0, 0.1) is 42.5 Å². The van der Waals surface area contributed by atoms with E-state index in [1.165, 1.54) is 78.8 Å². The van der Waals surface area contributed by atoms with Gasteiger partial charge >= 0.3 is 0 Å². The number of pyridine rings is 7. The third kappa shape index (κ3) is 28.0. The van der Waals surface area contributed by atoms with Crippen LogP contribution in [0.15, 0.2) is 304 Å². The van der Waals surface area contributed by atoms with Crippen molar-refractivity contribution in [2.75, 3.05) is 99.5 Å². The van der Waals surface area contributed by atoms with E-state index in [4.69, 9.17) is 0 Å². The average Bonchev–Trinajstić information content (AvgIpc) is 0.743. The van der Waals surface area contributed by atoms with Gasteiger partial charge in [0.05, 0.1) is 99.5 Å². The van der Waals surface area contributed by atoms with Crippen molar-refractivity contribution in [3.8, 4) is 78.8 Å². The van der Waals surface area contributed by atoms with Crippen molar-refractivity contribution in [2.24, 2.45) is 0 Å². The van der Waals surface area contributed by atoms with Crippen LogP contribution in [0.4, 0.5) is 0 Å². The molecule has 0 N–H and O–H groups in total. The number of fused-ring (bicyclic) bond motifs is 3. The molecule has 8 heterocycles. The molecule has 17 rings (SSSR count). The third-order valence-corrected chi connectivity index (χ3v) is 29.4. The number of hydrogen-bond acceptors (Lipinski definition) is 7. The smallest absolute Gasteiger partial charge is 0.0616 e. The summed E-state index contributed by atoms with van der Waals surface area (Å²) in [5, 5.41) is 9.98. The number of aromatic nitrogens is 7. The Hall–Kier alpha value is -6.53. The standard InChI is InChI=1S/C19H18NP.C16H18NP.3C14H16NP.2C11H8N.5Ir/c1-21(2,3)17-9-5-8-15-16(17)12-14-7-4-6-13-10-11-20-19(15)18(13)14;1-18(2)12-6-8-14-13(7-5-10-16(14)18)15-9-3-4-11-17-15;3*1-16(2,3)13-8-6-7-12(11-13)14-9-4-5-10-15-14;2*1-2-6-10(7-3-1)11-8-4-5-9-12-11;;;;;/h4-7,9-11H,12H2,1-3H3;3-5,9-11H,6,8,12H2,1-2H3;3*4-6,8-11H,1-3H3;2*1-6,8-9H;;;;;/q;;;;;2*-1;;;;;. The van der Waals surface area contributed by atoms with Crippen LogP contribution < -0.4 is 26.5 Å². The maximum Gasteiger partial charge on any atom is 0.0616 e. The fourth-order valence-electron chi connectivity index (χ4n) is 13.0. The van der Waals surface area contributed by atoms with Crippen LogP contribution in [-0.2, 0) is 113 Å². The van der Waals surface area contributed by atoms with E-state index in [0.29, 0.717) is 0 Å². The van der Waals surface area contributed by atoms with Gasteiger partial charge in [0.15, 0.2) is 0 Å². The molecular weight excluding hydrogens is 2400 g/mol. The van der Waals surface area contributed by atoms with Crippen LogP contribution in [0.5, 0.6) is 0 Å². The van der Waals surface area contributed by atoms with Gasteiger partial charge in [-0.1, -0.05) is 114 Å². The molecule has 8 aromatic carbocycles. The summed E-state index contributed by atoms with van der Waals surface area (Å²) in [7, 11) is -4.88. The summed E-state index contributed by atoms with van der Waals surface area (Å²) >= 11 is 0. The predicted molar refractivity (Wildman–Crippen MR) is 489 cm³/mol. The normalized spacial score (nSPS) is 11.8. The Kier molecular flexibility index (Phi) is 39.7. The first-order valence-electron chi connectivity index (χ1n) is 37.4. The minimum Gasteiger partial charge on any atom is -0.305 e. The summed E-state index contributed by atoms with van der Waals surface area (Å²) in [5.41, 5.74) is 19.2. The number of benzene rings is 8. The van der Waals surface area contributed by atoms with Crippen molar-refractivity contribution in [1.29, 1.82) is 0 Å². The van der Waals surface area contributed by atoms with Crippen molar-refractivity contribution in [2.45, 2.75) is 19.3 Å². The summed E-state index contributed by atoms with van der Waals surface area (Å²) < 4.78 is 0. The van der Waals surface area contributed by atoms with Crippen molar-refractivity contribution >= 4 is 73.6 Å². The Balaban J connectivity index is 0.000000210. The molecule has 603 valence electrons. The molecule has 5 radical (unpaired) electrons. The second kappa shape index (κ2) is 46.9. The molecule has 0 fully saturated rings. The molecule has 1 aliphatic carbocycles. The molecule has 0 unspecified atom stereocenters. The minimum absolute atomic E-state index is 0. The Morgan fingerprint density at radius 1 is 0.302 bits per heavy atom. The van der Waals surface area contributed by atoms with Crippen molar-refractivity contribution in [1.82, 2.24) is 34.9 Å². The third-order valence-electron chi connectivity index (χ3n) is 18.9. The van der Waals surface area contributed by atoms with E-state index >= 15 is 0 Å². The van der Waals surface area contributed by atoms with Crippen LogP contribution in [0.2, 0.25) is 0 Å². The number of rotatable bonds is 10. The van der Waals surface area contributed by atoms with Crippen LogP contribution in [0.25, 0.3) is 89.6 Å². The van der Waals surface area contributed by atoms with Gasteiger partial charge in [-0.25, -0.2) is 0 Å². The van der Waals surface area contributed by atoms with E-state index in [-0.39, 0.29) is 101 Å². The van der Waals surface area contributed by atoms with Crippen LogP contribution in [0.3, 0.4) is 0 Å². The first kappa shape index (κ1) is 98.3. The Labute approximate surface area is 762 Å². The molecule has 7 nitrogen and oxygen atoms in total. The SMILES string of the molecule is C[P+](C)(C)c1cc[c-]c(-c2ccccn2)c1.C[P+](C)(C)c1cc[c-]c(-c2ccccn2)c1.C[P+](C)(C)c1cc[c-]c(-c2ccccn2)c1.C[P+](C)(C)c1cc[c-]c2c1Cc1cccc3ccnc-2c13.C[P+]1(C)CCCc2c(-c3ccccn3)[c-]ccc21.[Ir].[Ir].[Ir].[Ir].[Ir].[c-]1ccccc1-c1ccccn1.[c-]1ccccc1-c1ccccn1. The molecule has 2 aliphatic rings. The second-order valence-electron chi connectivity index (χ2n) is 31.1. The number of nitrogens with zero attached hydrogens (tertiary/aromatic N) is 7. The minimum atomic E-state index is -1.06. The largest absolute Gasteiger partial charge is 0.305 e. The van der Waals surface area contributed by atoms with Crippen molar-refractivity contribution < 1.29 is 101 Å². The van der Waals surface area contributed by atoms with E-state index in [2.05, 4.69) is 268 Å². The van der Waals surface area contributed by atoms with Crippen LogP contribution in [0.1, 0.15) is 23.1 Å². The summed E-state index contributed by atoms with van der Waals surface area (Å²) in [4.78, 5) is 30.7. The van der Waals surface area contributed by atoms with Crippen LogP contribution in [-0.4, -0.2) is 134 Å². The van der Waals surface area contributed by atoms with E-state index < -0.39 is 36.3 Å². The maximum absolute atomic E-state index is 4.68. The van der Waals surface area contributed by atoms with E-state index in [1.54, 1.807) is 17.7 Å². The van der Waals surface area contributed by atoms with Gasteiger partial charge in [0.1, 0.15) is 0 Å². The molecular formula is C99H100Ir5N7P5-2. The second-order valence-corrected chi connectivity index (χ2v) is 53.5. The fourth-order valence-corrected chi connectivity index (χ4v) is 20.3. The van der Waals surface area contributed by atoms with Gasteiger partial charge in [0, 0.05) is 207 Å². The van der Waals surface area contributed by atoms with Gasteiger partial charge < -0.3 is 34.9 Å². The monoisotopic (exact) mass is 2510 g/mol. The molecule has 15 aromatic rings. The van der Waals surface area contributed by atoms with Crippen molar-refractivity contribution in [3.63, 3.8) is 0 Å². The Bertz CT molecular complexity index is 5060. The van der Waals surface area contributed by atoms with Crippen molar-refractivity contribution in [3.05, 3.63) is 363 Å². The van der Waals surface area contributed by atoms with Gasteiger partial charge in [-0.2, -0.15) is 0 Å². The Morgan fingerprint density at radius 2 is 0.672 bits per heavy atom. The molecule has 0 atom stereocenters. The molecule has 0 saturated heterocycles. The van der Waals surface area contributed by atoms with Crippen LogP contribution >= 0.6 is 36.3 Å². The molecule has 1 aliphatic heterocycles. The van der Waals surface area contributed by atoms with E-state index in [9.17, 15) is 0 Å². The summed E-state index contributed by atoms with van der Waals surface area (Å²) in [6, 6.07) is 111. The fraction of sp³-hybridized carbons (Fsp3) is 0.182. The quantitative estimate of drug-likeness (QED) is 0.0995. The molecule has 7 aromatic heterocycles. The van der Waals surface area contributed by atoms with Gasteiger partial charge in [-0.15, -0.1) is 209 Å². The van der Waals surface area contributed by atoms with E-state index in [1.807, 2.05) is 195 Å². The van der Waals surface area contributed by atoms with Gasteiger partial charge in [0.25, 0.3) is 0 Å². The Morgan fingerprint density at radius 3 is 1.05 bits per heavy atom. The summed E-state index contributed by atoms with van der Waals surface area (Å²) in [5.74, 6) is 0. The first-order valence-corrected chi connectivity index (χ1v) is 52.8. The maximum atomic E-state index is 4.68. The molecule has 17 heteroatoms. The molecule has 0 bridgehead atoms. The van der Waals surface area contributed by atoms with Gasteiger partial charge in [-0.3, -0.25) is 0 Å². The van der Waals surface area contributed by atoms with Gasteiger partial charge in [-0.05, 0) is 106 Å². The summed E-state index contributed by atoms with van der Waals surface area (Å²) in [6.45, 7) is 33.0. The summed E-state index contributed by atoms with van der Waals surface area (Å²) in [6.07, 6.45) is 17.7. The zero-order chi connectivity index (χ0) is 78.4. The van der Waals surface area contributed by atoms with Gasteiger partial charge in [0.2, 0.25) is 0 Å². The molecule has 0 amide bonds. The molecule has 116 heavy (non-hydrogen) atoms. The predicted octanol–water partition coefficient (Wildman–Crippen LogP) is 21.9. The zero-order valence-corrected chi connectivity index (χ0v) is 84.7. The number of hydrogen-bond donors (Lipinski definition) is 0. The average molecular weight is 2500 g/mol.